The number of methoxy groups -OCH3 is 1. The van der Waals surface area contributed by atoms with Crippen LogP contribution in [0.2, 0.25) is 0 Å². The van der Waals surface area contributed by atoms with Gasteiger partial charge in [0.2, 0.25) is 0 Å². The zero-order valence-electron chi connectivity index (χ0n) is 13.6. The number of carbonyl (C=O) groups excluding carboxylic acids is 1. The fourth-order valence-electron chi connectivity index (χ4n) is 2.30. The lowest BCUT2D eigenvalue weighted by atomic mass is 9.82. The second-order valence-electron chi connectivity index (χ2n) is 6.69. The molecular formula is C15H30N2O3. The molecule has 1 amide bonds. The van der Waals surface area contributed by atoms with Crippen molar-refractivity contribution in [2.24, 2.45) is 5.92 Å². The van der Waals surface area contributed by atoms with Crippen LogP contribution < -0.4 is 5.32 Å². The molecule has 1 saturated carbocycles. The minimum absolute atomic E-state index is 0.265. The normalized spacial score (nSPS) is 22.2. The predicted molar refractivity (Wildman–Crippen MR) is 79.9 cm³/mol. The molecule has 5 nitrogen and oxygen atoms in total. The molecule has 0 radical (unpaired) electrons. The zero-order valence-corrected chi connectivity index (χ0v) is 13.6. The highest BCUT2D eigenvalue weighted by Crippen LogP contribution is 2.25. The van der Waals surface area contributed by atoms with Crippen molar-refractivity contribution in [1.29, 1.82) is 0 Å². The van der Waals surface area contributed by atoms with Gasteiger partial charge in [-0.3, -0.25) is 0 Å². The summed E-state index contributed by atoms with van der Waals surface area (Å²) in [5.74, 6) is 0.836. The molecule has 1 fully saturated rings. The second-order valence-corrected chi connectivity index (χ2v) is 6.69. The molecule has 0 atom stereocenters. The van der Waals surface area contributed by atoms with Gasteiger partial charge in [0.1, 0.15) is 5.60 Å². The summed E-state index contributed by atoms with van der Waals surface area (Å²) in [6.45, 7) is 10.5. The Labute approximate surface area is 123 Å². The Morgan fingerprint density at radius 3 is 2.45 bits per heavy atom. The average molecular weight is 286 g/mol. The van der Waals surface area contributed by atoms with Crippen LogP contribution in [0.15, 0.2) is 0 Å². The number of hydrogen-bond acceptors (Lipinski definition) is 4. The molecule has 118 valence electrons. The van der Waals surface area contributed by atoms with E-state index in [1.807, 2.05) is 20.8 Å². The second kappa shape index (κ2) is 7.84. The largest absolute Gasteiger partial charge is 0.444 e. The summed E-state index contributed by atoms with van der Waals surface area (Å²) in [7, 11) is 1.64. The quantitative estimate of drug-likeness (QED) is 0.780. The predicted octanol–water partition coefficient (Wildman–Crippen LogP) is 2.26. The molecule has 1 aliphatic rings. The highest BCUT2D eigenvalue weighted by molar-refractivity contribution is 5.68. The van der Waals surface area contributed by atoms with Crippen molar-refractivity contribution in [3.63, 3.8) is 0 Å². The lowest BCUT2D eigenvalue weighted by Crippen LogP contribution is -2.46. The Bertz CT molecular complexity index is 296. The first-order valence-corrected chi connectivity index (χ1v) is 7.52. The van der Waals surface area contributed by atoms with Gasteiger partial charge in [0.25, 0.3) is 0 Å². The van der Waals surface area contributed by atoms with Crippen LogP contribution in [-0.4, -0.2) is 56.0 Å². The number of amides is 1. The lowest BCUT2D eigenvalue weighted by Gasteiger charge is -2.34. The van der Waals surface area contributed by atoms with Gasteiger partial charge in [-0.05, 0) is 39.5 Å². The van der Waals surface area contributed by atoms with Crippen LogP contribution >= 0.6 is 0 Å². The number of nitrogens with one attached hydrogen (secondary N) is 1. The molecule has 0 saturated heterocycles. The standard InChI is InChI=1S/C15H30N2O3/c1-12-10-13(11-12)16-6-7-17(8-9-19-5)14(18)20-15(2,3)4/h12-13,16H,6-11H2,1-5H3. The van der Waals surface area contributed by atoms with Gasteiger partial charge in [0.15, 0.2) is 0 Å². The first-order valence-electron chi connectivity index (χ1n) is 7.52. The molecule has 1 N–H and O–H groups in total. The molecule has 20 heavy (non-hydrogen) atoms. The highest BCUT2D eigenvalue weighted by Gasteiger charge is 2.25. The fraction of sp³-hybridized carbons (Fsp3) is 0.933. The van der Waals surface area contributed by atoms with Crippen LogP contribution in [0.3, 0.4) is 0 Å². The van der Waals surface area contributed by atoms with E-state index in [1.54, 1.807) is 12.0 Å². The molecule has 0 aromatic carbocycles. The fourth-order valence-corrected chi connectivity index (χ4v) is 2.30. The van der Waals surface area contributed by atoms with Gasteiger partial charge in [-0.1, -0.05) is 6.92 Å². The number of ether oxygens (including phenoxy) is 2. The lowest BCUT2D eigenvalue weighted by molar-refractivity contribution is 0.0200. The van der Waals surface area contributed by atoms with E-state index in [9.17, 15) is 4.79 Å². The van der Waals surface area contributed by atoms with Crippen molar-refractivity contribution >= 4 is 6.09 Å². The van der Waals surface area contributed by atoms with Crippen LogP contribution in [0.4, 0.5) is 4.79 Å². The van der Waals surface area contributed by atoms with E-state index in [-0.39, 0.29) is 6.09 Å². The summed E-state index contributed by atoms with van der Waals surface area (Å²) in [6, 6.07) is 0.618. The van der Waals surface area contributed by atoms with Gasteiger partial charge in [-0.25, -0.2) is 4.79 Å². The molecule has 5 heteroatoms. The molecule has 0 heterocycles. The van der Waals surface area contributed by atoms with Crippen molar-refractivity contribution in [2.75, 3.05) is 33.4 Å². The Balaban J connectivity index is 2.32. The molecule has 0 aromatic rings. The average Bonchev–Trinajstić information content (AvgIpc) is 2.28. The van der Waals surface area contributed by atoms with E-state index >= 15 is 0 Å². The van der Waals surface area contributed by atoms with E-state index in [2.05, 4.69) is 12.2 Å². The third kappa shape index (κ3) is 6.57. The molecule has 0 bridgehead atoms. The van der Waals surface area contributed by atoms with Crippen molar-refractivity contribution < 1.29 is 14.3 Å². The zero-order chi connectivity index (χ0) is 15.2. The van der Waals surface area contributed by atoms with E-state index in [0.29, 0.717) is 25.7 Å². The van der Waals surface area contributed by atoms with Gasteiger partial charge in [0.05, 0.1) is 6.61 Å². The van der Waals surface area contributed by atoms with E-state index in [0.717, 1.165) is 12.5 Å². The summed E-state index contributed by atoms with van der Waals surface area (Å²) in [4.78, 5) is 13.8. The smallest absolute Gasteiger partial charge is 0.410 e. The van der Waals surface area contributed by atoms with Crippen LogP contribution in [0.25, 0.3) is 0 Å². The summed E-state index contributed by atoms with van der Waals surface area (Å²) in [5, 5.41) is 3.48. The van der Waals surface area contributed by atoms with E-state index in [1.165, 1.54) is 12.8 Å². The highest BCUT2D eigenvalue weighted by atomic mass is 16.6. The van der Waals surface area contributed by atoms with Gasteiger partial charge in [0, 0.05) is 32.8 Å². The summed E-state index contributed by atoms with van der Waals surface area (Å²) in [6.07, 6.45) is 2.22. The number of carbonyl (C=O) groups is 1. The van der Waals surface area contributed by atoms with Crippen LogP contribution in [0.5, 0.6) is 0 Å². The minimum Gasteiger partial charge on any atom is -0.444 e. The Kier molecular flexibility index (Phi) is 6.76. The maximum atomic E-state index is 12.1. The maximum absolute atomic E-state index is 12.1. The van der Waals surface area contributed by atoms with Crippen LogP contribution in [0, 0.1) is 5.92 Å². The van der Waals surface area contributed by atoms with Crippen molar-refractivity contribution in [3.8, 4) is 0 Å². The number of rotatable bonds is 7. The molecule has 0 spiro atoms. The maximum Gasteiger partial charge on any atom is 0.410 e. The third-order valence-electron chi connectivity index (χ3n) is 3.41. The summed E-state index contributed by atoms with van der Waals surface area (Å²) < 4.78 is 10.5. The Morgan fingerprint density at radius 2 is 1.95 bits per heavy atom. The van der Waals surface area contributed by atoms with Crippen molar-refractivity contribution in [3.05, 3.63) is 0 Å². The monoisotopic (exact) mass is 286 g/mol. The summed E-state index contributed by atoms with van der Waals surface area (Å²) >= 11 is 0. The summed E-state index contributed by atoms with van der Waals surface area (Å²) in [5.41, 5.74) is -0.459. The topological polar surface area (TPSA) is 50.8 Å². The van der Waals surface area contributed by atoms with Crippen molar-refractivity contribution in [2.45, 2.75) is 52.2 Å². The van der Waals surface area contributed by atoms with Gasteiger partial charge >= 0.3 is 6.09 Å². The first-order chi connectivity index (χ1) is 9.31. The molecule has 1 aliphatic carbocycles. The molecule has 0 aromatic heterocycles. The van der Waals surface area contributed by atoms with Gasteiger partial charge in [-0.2, -0.15) is 0 Å². The minimum atomic E-state index is -0.459. The molecular weight excluding hydrogens is 256 g/mol. The molecule has 0 aliphatic heterocycles. The SMILES string of the molecule is COCCN(CCNC1CC(C)C1)C(=O)OC(C)(C)C. The van der Waals surface area contributed by atoms with Crippen LogP contribution in [0.1, 0.15) is 40.5 Å². The van der Waals surface area contributed by atoms with E-state index in [4.69, 9.17) is 9.47 Å². The van der Waals surface area contributed by atoms with Gasteiger partial charge < -0.3 is 19.7 Å². The van der Waals surface area contributed by atoms with Gasteiger partial charge in [-0.15, -0.1) is 0 Å². The third-order valence-corrected chi connectivity index (χ3v) is 3.41. The Hall–Kier alpha value is -0.810. The molecule has 1 rings (SSSR count). The number of nitrogens with zero attached hydrogens (tertiary/aromatic N) is 1. The first kappa shape index (κ1) is 17.2. The van der Waals surface area contributed by atoms with E-state index < -0.39 is 5.60 Å². The van der Waals surface area contributed by atoms with Crippen LogP contribution in [-0.2, 0) is 9.47 Å². The number of hydrogen-bond donors (Lipinski definition) is 1. The Morgan fingerprint density at radius 1 is 1.30 bits per heavy atom. The molecule has 0 unspecified atom stereocenters. The van der Waals surface area contributed by atoms with Crippen molar-refractivity contribution in [1.82, 2.24) is 10.2 Å².